The number of fused-ring (bicyclic) bond motifs is 1. The molecule has 21 heavy (non-hydrogen) atoms. The van der Waals surface area contributed by atoms with Crippen LogP contribution in [-0.2, 0) is 6.54 Å². The minimum absolute atomic E-state index is 0.115. The lowest BCUT2D eigenvalue weighted by atomic mass is 9.99. The minimum atomic E-state index is 0.115. The van der Waals surface area contributed by atoms with Gasteiger partial charge >= 0.3 is 0 Å². The maximum atomic E-state index is 9.41. The molecule has 1 N–H and O–H groups in total. The highest BCUT2D eigenvalue weighted by molar-refractivity contribution is 5.71. The molecule has 2 aromatic rings. The lowest BCUT2D eigenvalue weighted by molar-refractivity contribution is 0.103. The average Bonchev–Trinajstić information content (AvgIpc) is 2.86. The molecule has 0 spiro atoms. The molecule has 5 nitrogen and oxygen atoms in total. The third-order valence-electron chi connectivity index (χ3n) is 4.36. The van der Waals surface area contributed by atoms with Gasteiger partial charge in [-0.25, -0.2) is 9.97 Å². The molecule has 0 aliphatic carbocycles. The Labute approximate surface area is 125 Å². The van der Waals surface area contributed by atoms with Crippen molar-refractivity contribution in [3.63, 3.8) is 0 Å². The average molecular weight is 288 g/mol. The van der Waals surface area contributed by atoms with Gasteiger partial charge in [0.25, 0.3) is 0 Å². The quantitative estimate of drug-likeness (QED) is 0.938. The van der Waals surface area contributed by atoms with E-state index in [2.05, 4.69) is 28.3 Å². The van der Waals surface area contributed by atoms with Gasteiger partial charge in [-0.05, 0) is 45.4 Å². The number of likely N-dealkylation sites (tertiary alicyclic amines) is 1. The van der Waals surface area contributed by atoms with E-state index in [-0.39, 0.29) is 6.61 Å². The van der Waals surface area contributed by atoms with Gasteiger partial charge in [-0.3, -0.25) is 4.90 Å². The number of nitrogens with zero attached hydrogens (tertiary/aromatic N) is 4. The normalized spacial score (nSPS) is 20.5. The number of hydrogen-bond donors (Lipinski definition) is 1. The van der Waals surface area contributed by atoms with Crippen molar-refractivity contribution in [2.75, 3.05) is 13.2 Å². The molecule has 0 amide bonds. The number of aliphatic hydroxyl groups excluding tert-OH is 1. The van der Waals surface area contributed by atoms with Crippen molar-refractivity contribution in [2.45, 2.75) is 51.7 Å². The Bertz CT molecular complexity index is 607. The Kier molecular flexibility index (Phi) is 4.22. The molecule has 1 saturated heterocycles. The van der Waals surface area contributed by atoms with E-state index in [0.717, 1.165) is 30.0 Å². The standard InChI is InChI=1S/C16H24N4O/c1-12(2)19-9-4-3-7-14(19)16-18-13-6-5-8-17-15(13)20(16)10-11-21/h5-6,8,12,14,21H,3-4,7,9-11H2,1-2H3. The van der Waals surface area contributed by atoms with E-state index in [1.54, 1.807) is 6.20 Å². The van der Waals surface area contributed by atoms with Crippen LogP contribution in [0.5, 0.6) is 0 Å². The van der Waals surface area contributed by atoms with Gasteiger partial charge in [0.05, 0.1) is 12.6 Å². The summed E-state index contributed by atoms with van der Waals surface area (Å²) in [7, 11) is 0. The van der Waals surface area contributed by atoms with E-state index in [4.69, 9.17) is 4.98 Å². The second-order valence-corrected chi connectivity index (χ2v) is 6.03. The fraction of sp³-hybridized carbons (Fsp3) is 0.625. The fourth-order valence-electron chi connectivity index (χ4n) is 3.40. The van der Waals surface area contributed by atoms with Crippen LogP contribution in [0.2, 0.25) is 0 Å². The number of hydrogen-bond acceptors (Lipinski definition) is 4. The molecular formula is C16H24N4O. The van der Waals surface area contributed by atoms with Gasteiger partial charge in [0, 0.05) is 18.8 Å². The molecular weight excluding hydrogens is 264 g/mol. The summed E-state index contributed by atoms with van der Waals surface area (Å²) in [5.41, 5.74) is 1.81. The lowest BCUT2D eigenvalue weighted by Crippen LogP contribution is -2.39. The van der Waals surface area contributed by atoms with Gasteiger partial charge in [-0.1, -0.05) is 6.42 Å². The minimum Gasteiger partial charge on any atom is -0.395 e. The molecule has 3 heterocycles. The third kappa shape index (κ3) is 2.68. The van der Waals surface area contributed by atoms with Crippen LogP contribution in [0, 0.1) is 0 Å². The molecule has 0 saturated carbocycles. The van der Waals surface area contributed by atoms with E-state index >= 15 is 0 Å². The molecule has 1 atom stereocenters. The van der Waals surface area contributed by atoms with Crippen LogP contribution in [0.1, 0.15) is 45.0 Å². The molecule has 1 fully saturated rings. The van der Waals surface area contributed by atoms with Crippen LogP contribution < -0.4 is 0 Å². The Morgan fingerprint density at radius 1 is 1.38 bits per heavy atom. The molecule has 114 valence electrons. The first-order chi connectivity index (χ1) is 10.2. The van der Waals surface area contributed by atoms with Crippen LogP contribution in [0.25, 0.3) is 11.2 Å². The van der Waals surface area contributed by atoms with Crippen molar-refractivity contribution in [2.24, 2.45) is 0 Å². The summed E-state index contributed by atoms with van der Waals surface area (Å²) in [6.45, 7) is 6.29. The molecule has 3 rings (SSSR count). The highest BCUT2D eigenvalue weighted by Crippen LogP contribution is 2.33. The maximum absolute atomic E-state index is 9.41. The van der Waals surface area contributed by atoms with E-state index < -0.39 is 0 Å². The summed E-state index contributed by atoms with van der Waals surface area (Å²) in [5, 5.41) is 9.41. The Morgan fingerprint density at radius 2 is 2.24 bits per heavy atom. The number of aliphatic hydroxyl groups is 1. The highest BCUT2D eigenvalue weighted by Gasteiger charge is 2.30. The largest absolute Gasteiger partial charge is 0.395 e. The van der Waals surface area contributed by atoms with E-state index in [1.807, 2.05) is 12.1 Å². The SMILES string of the molecule is CC(C)N1CCCCC1c1nc2cccnc2n1CCO. The van der Waals surface area contributed by atoms with Gasteiger partial charge in [-0.2, -0.15) is 0 Å². The Morgan fingerprint density at radius 3 is 3.00 bits per heavy atom. The molecule has 0 radical (unpaired) electrons. The van der Waals surface area contributed by atoms with Gasteiger partial charge in [0.15, 0.2) is 5.65 Å². The Hall–Kier alpha value is -1.46. The number of imidazole rings is 1. The van der Waals surface area contributed by atoms with Crippen molar-refractivity contribution in [1.29, 1.82) is 0 Å². The summed E-state index contributed by atoms with van der Waals surface area (Å²) in [6.07, 6.45) is 5.42. The van der Waals surface area contributed by atoms with Crippen LogP contribution in [-0.4, -0.2) is 43.7 Å². The van der Waals surface area contributed by atoms with Gasteiger partial charge in [0.1, 0.15) is 11.3 Å². The summed E-state index contributed by atoms with van der Waals surface area (Å²) in [4.78, 5) is 11.8. The molecule has 2 aromatic heterocycles. The molecule has 0 bridgehead atoms. The summed E-state index contributed by atoms with van der Waals surface area (Å²) in [6, 6.07) is 4.76. The van der Waals surface area contributed by atoms with Crippen LogP contribution in [0.3, 0.4) is 0 Å². The molecule has 1 aliphatic rings. The highest BCUT2D eigenvalue weighted by atomic mass is 16.3. The number of aromatic nitrogens is 3. The monoisotopic (exact) mass is 288 g/mol. The smallest absolute Gasteiger partial charge is 0.160 e. The fourth-order valence-corrected chi connectivity index (χ4v) is 3.40. The van der Waals surface area contributed by atoms with E-state index in [1.165, 1.54) is 12.8 Å². The zero-order valence-electron chi connectivity index (χ0n) is 12.9. The number of rotatable bonds is 4. The molecule has 1 aliphatic heterocycles. The lowest BCUT2D eigenvalue weighted by Gasteiger charge is -2.38. The van der Waals surface area contributed by atoms with E-state index in [9.17, 15) is 5.11 Å². The molecule has 1 unspecified atom stereocenters. The Balaban J connectivity index is 2.07. The first kappa shape index (κ1) is 14.5. The number of pyridine rings is 1. The zero-order chi connectivity index (χ0) is 14.8. The van der Waals surface area contributed by atoms with Crippen LogP contribution >= 0.6 is 0 Å². The predicted molar refractivity (Wildman–Crippen MR) is 83.0 cm³/mol. The maximum Gasteiger partial charge on any atom is 0.160 e. The van der Waals surface area contributed by atoms with Crippen LogP contribution in [0.15, 0.2) is 18.3 Å². The summed E-state index contributed by atoms with van der Waals surface area (Å²) < 4.78 is 2.10. The van der Waals surface area contributed by atoms with Crippen molar-refractivity contribution in [1.82, 2.24) is 19.4 Å². The summed E-state index contributed by atoms with van der Waals surface area (Å²) >= 11 is 0. The first-order valence-corrected chi connectivity index (χ1v) is 7.90. The third-order valence-corrected chi connectivity index (χ3v) is 4.36. The van der Waals surface area contributed by atoms with Gasteiger partial charge in [-0.15, -0.1) is 0 Å². The van der Waals surface area contributed by atoms with Crippen molar-refractivity contribution in [3.8, 4) is 0 Å². The second kappa shape index (κ2) is 6.12. The van der Waals surface area contributed by atoms with E-state index in [0.29, 0.717) is 18.6 Å². The van der Waals surface area contributed by atoms with Crippen molar-refractivity contribution >= 4 is 11.2 Å². The van der Waals surface area contributed by atoms with Crippen molar-refractivity contribution < 1.29 is 5.11 Å². The first-order valence-electron chi connectivity index (χ1n) is 7.90. The predicted octanol–water partition coefficient (Wildman–Crippen LogP) is 2.36. The molecule has 5 heteroatoms. The van der Waals surface area contributed by atoms with Crippen molar-refractivity contribution in [3.05, 3.63) is 24.2 Å². The molecule has 0 aromatic carbocycles. The zero-order valence-corrected chi connectivity index (χ0v) is 12.9. The number of piperidine rings is 1. The van der Waals surface area contributed by atoms with Gasteiger partial charge < -0.3 is 9.67 Å². The van der Waals surface area contributed by atoms with Gasteiger partial charge in [0.2, 0.25) is 0 Å². The van der Waals surface area contributed by atoms with Crippen LogP contribution in [0.4, 0.5) is 0 Å². The summed E-state index contributed by atoms with van der Waals surface area (Å²) in [5.74, 6) is 1.06. The second-order valence-electron chi connectivity index (χ2n) is 6.03. The topological polar surface area (TPSA) is 54.2 Å².